The van der Waals surface area contributed by atoms with E-state index in [1.807, 2.05) is 0 Å². The Bertz CT molecular complexity index is 747. The Morgan fingerprint density at radius 3 is 2.36 bits per heavy atom. The zero-order chi connectivity index (χ0) is 18.8. The molecule has 0 aliphatic carbocycles. The summed E-state index contributed by atoms with van der Waals surface area (Å²) in [6.45, 7) is 2.95. The van der Waals surface area contributed by atoms with Crippen LogP contribution >= 0.6 is 0 Å². The molecule has 1 aliphatic heterocycles. The topological polar surface area (TPSA) is 57.7 Å². The minimum Gasteiger partial charge on any atom is -0.343 e. The predicted molar refractivity (Wildman–Crippen MR) is 88.1 cm³/mol. The van der Waals surface area contributed by atoms with Crippen molar-refractivity contribution in [3.05, 3.63) is 29.6 Å². The van der Waals surface area contributed by atoms with Crippen LogP contribution in [0.3, 0.4) is 0 Å². The van der Waals surface area contributed by atoms with Crippen LogP contribution in [0.25, 0.3) is 0 Å². The maximum Gasteiger partial charge on any atom is 0.232 e. The first-order valence-electron chi connectivity index (χ1n) is 8.00. The lowest BCUT2D eigenvalue weighted by Crippen LogP contribution is -2.40. The quantitative estimate of drug-likeness (QED) is 0.740. The van der Waals surface area contributed by atoms with Gasteiger partial charge in [0, 0.05) is 26.1 Å². The lowest BCUT2D eigenvalue weighted by Gasteiger charge is -2.31. The van der Waals surface area contributed by atoms with Crippen molar-refractivity contribution in [1.82, 2.24) is 4.90 Å². The third-order valence-electron chi connectivity index (χ3n) is 4.35. The minimum absolute atomic E-state index is 0.167. The predicted octanol–water partition coefficient (Wildman–Crippen LogP) is 2.52. The largest absolute Gasteiger partial charge is 0.343 e. The van der Waals surface area contributed by atoms with E-state index in [1.54, 1.807) is 4.90 Å². The summed E-state index contributed by atoms with van der Waals surface area (Å²) in [4.78, 5) is 13.9. The van der Waals surface area contributed by atoms with Crippen molar-refractivity contribution in [3.63, 3.8) is 0 Å². The highest BCUT2D eigenvalue weighted by Gasteiger charge is 2.27. The SMILES string of the molecule is CC1CCN(C(=O)CCN(c2ccc(F)c(F)c2F)S(C)(=O)=O)CC1. The maximum atomic E-state index is 13.9. The molecule has 0 radical (unpaired) electrons. The fraction of sp³-hybridized carbons (Fsp3) is 0.562. The van der Waals surface area contributed by atoms with Gasteiger partial charge in [0.25, 0.3) is 0 Å². The fourth-order valence-corrected chi connectivity index (χ4v) is 3.71. The highest BCUT2D eigenvalue weighted by Crippen LogP contribution is 2.26. The number of benzene rings is 1. The molecule has 5 nitrogen and oxygen atoms in total. The van der Waals surface area contributed by atoms with Crippen molar-refractivity contribution >= 4 is 21.6 Å². The lowest BCUT2D eigenvalue weighted by atomic mass is 9.99. The monoisotopic (exact) mass is 378 g/mol. The molecule has 0 aromatic heterocycles. The Hall–Kier alpha value is -1.77. The molecule has 0 atom stereocenters. The standard InChI is InChI=1S/C16H21F3N2O3S/c1-11-5-8-20(9-6-11)14(22)7-10-21(25(2,23)24)13-4-3-12(17)15(18)16(13)19/h3-4,11H,5-10H2,1-2H3. The number of amides is 1. The van der Waals surface area contributed by atoms with Crippen LogP contribution in [0.4, 0.5) is 18.9 Å². The smallest absolute Gasteiger partial charge is 0.232 e. The summed E-state index contributed by atoms with van der Waals surface area (Å²) in [6, 6.07) is 1.50. The van der Waals surface area contributed by atoms with Crippen LogP contribution in [0.15, 0.2) is 12.1 Å². The summed E-state index contributed by atoms with van der Waals surface area (Å²) in [6.07, 6.45) is 2.40. The van der Waals surface area contributed by atoms with E-state index < -0.39 is 33.2 Å². The van der Waals surface area contributed by atoms with Crippen LogP contribution in [-0.4, -0.2) is 45.1 Å². The molecule has 1 saturated heterocycles. The van der Waals surface area contributed by atoms with E-state index in [1.165, 1.54) is 0 Å². The van der Waals surface area contributed by atoms with Gasteiger partial charge in [-0.1, -0.05) is 6.92 Å². The van der Waals surface area contributed by atoms with E-state index in [2.05, 4.69) is 6.92 Å². The third-order valence-corrected chi connectivity index (χ3v) is 5.53. The molecule has 1 heterocycles. The summed E-state index contributed by atoms with van der Waals surface area (Å²) < 4.78 is 64.9. The number of nitrogens with zero attached hydrogens (tertiary/aromatic N) is 2. The first-order valence-corrected chi connectivity index (χ1v) is 9.85. The molecule has 1 aliphatic rings. The Morgan fingerprint density at radius 1 is 1.20 bits per heavy atom. The van der Waals surface area contributed by atoms with Crippen LogP contribution < -0.4 is 4.31 Å². The molecule has 1 aromatic rings. The molecule has 1 amide bonds. The number of halogens is 3. The van der Waals surface area contributed by atoms with Gasteiger partial charge in [0.2, 0.25) is 15.9 Å². The van der Waals surface area contributed by atoms with E-state index in [9.17, 15) is 26.4 Å². The molecular weight excluding hydrogens is 357 g/mol. The summed E-state index contributed by atoms with van der Waals surface area (Å²) >= 11 is 0. The van der Waals surface area contributed by atoms with Gasteiger partial charge in [0.1, 0.15) is 0 Å². The number of sulfonamides is 1. The molecule has 0 bridgehead atoms. The van der Waals surface area contributed by atoms with Gasteiger partial charge in [0.05, 0.1) is 11.9 Å². The Kier molecular flexibility index (Phi) is 5.97. The van der Waals surface area contributed by atoms with Gasteiger partial charge >= 0.3 is 0 Å². The lowest BCUT2D eigenvalue weighted by molar-refractivity contribution is -0.132. The van der Waals surface area contributed by atoms with E-state index in [4.69, 9.17) is 0 Å². The molecule has 1 aromatic carbocycles. The summed E-state index contributed by atoms with van der Waals surface area (Å²) in [5.41, 5.74) is -0.610. The molecule has 140 valence electrons. The van der Waals surface area contributed by atoms with Crippen molar-refractivity contribution in [2.24, 2.45) is 5.92 Å². The average molecular weight is 378 g/mol. The normalized spacial score (nSPS) is 16.1. The van der Waals surface area contributed by atoms with Crippen molar-refractivity contribution in [2.45, 2.75) is 26.2 Å². The van der Waals surface area contributed by atoms with Gasteiger partial charge in [-0.15, -0.1) is 0 Å². The van der Waals surface area contributed by atoms with Gasteiger partial charge in [0.15, 0.2) is 17.5 Å². The molecule has 9 heteroatoms. The number of carbonyl (C=O) groups excluding carboxylic acids is 1. The summed E-state index contributed by atoms with van der Waals surface area (Å²) in [5.74, 6) is -4.46. The number of anilines is 1. The molecule has 0 spiro atoms. The van der Waals surface area contributed by atoms with Gasteiger partial charge in [-0.3, -0.25) is 9.10 Å². The second kappa shape index (κ2) is 7.63. The van der Waals surface area contributed by atoms with E-state index in [-0.39, 0.29) is 18.9 Å². The van der Waals surface area contributed by atoms with Crippen molar-refractivity contribution in [3.8, 4) is 0 Å². The highest BCUT2D eigenvalue weighted by molar-refractivity contribution is 7.92. The number of hydrogen-bond donors (Lipinski definition) is 0. The molecule has 1 fully saturated rings. The second-order valence-corrected chi connectivity index (χ2v) is 8.25. The second-order valence-electron chi connectivity index (χ2n) is 6.34. The maximum absolute atomic E-state index is 13.9. The van der Waals surface area contributed by atoms with Gasteiger partial charge in [-0.05, 0) is 30.9 Å². The minimum atomic E-state index is -3.97. The third kappa shape index (κ3) is 4.65. The average Bonchev–Trinajstić information content (AvgIpc) is 2.54. The van der Waals surface area contributed by atoms with Crippen LogP contribution in [0, 0.1) is 23.4 Å². The number of likely N-dealkylation sites (tertiary alicyclic amines) is 1. The van der Waals surface area contributed by atoms with Gasteiger partial charge in [-0.25, -0.2) is 21.6 Å². The van der Waals surface area contributed by atoms with Crippen molar-refractivity contribution < 1.29 is 26.4 Å². The molecule has 0 saturated carbocycles. The Labute approximate surface area is 145 Å². The highest BCUT2D eigenvalue weighted by atomic mass is 32.2. The molecule has 0 N–H and O–H groups in total. The zero-order valence-electron chi connectivity index (χ0n) is 14.1. The molecule has 0 unspecified atom stereocenters. The van der Waals surface area contributed by atoms with Gasteiger partial charge < -0.3 is 4.90 Å². The van der Waals surface area contributed by atoms with Crippen molar-refractivity contribution in [1.29, 1.82) is 0 Å². The number of piperidine rings is 1. The van der Waals surface area contributed by atoms with Crippen LogP contribution in [0.1, 0.15) is 26.2 Å². The fourth-order valence-electron chi connectivity index (χ4n) is 2.79. The number of hydrogen-bond acceptors (Lipinski definition) is 3. The molecule has 2 rings (SSSR count). The van der Waals surface area contributed by atoms with Crippen LogP contribution in [0.5, 0.6) is 0 Å². The van der Waals surface area contributed by atoms with E-state index in [0.717, 1.165) is 25.2 Å². The summed E-state index contributed by atoms with van der Waals surface area (Å²) in [5, 5.41) is 0. The van der Waals surface area contributed by atoms with Crippen LogP contribution in [-0.2, 0) is 14.8 Å². The Morgan fingerprint density at radius 2 is 1.80 bits per heavy atom. The zero-order valence-corrected chi connectivity index (χ0v) is 15.0. The van der Waals surface area contributed by atoms with Crippen molar-refractivity contribution in [2.75, 3.05) is 30.2 Å². The van der Waals surface area contributed by atoms with Gasteiger partial charge in [-0.2, -0.15) is 0 Å². The first-order chi connectivity index (χ1) is 11.6. The van der Waals surface area contributed by atoms with E-state index >= 15 is 0 Å². The Balaban J connectivity index is 2.15. The molecular formula is C16H21F3N2O3S. The number of rotatable bonds is 5. The van der Waals surface area contributed by atoms with E-state index in [0.29, 0.717) is 29.4 Å². The summed E-state index contributed by atoms with van der Waals surface area (Å²) in [7, 11) is -3.97. The number of carbonyl (C=O) groups is 1. The first kappa shape index (κ1) is 19.6. The molecule has 25 heavy (non-hydrogen) atoms. The van der Waals surface area contributed by atoms with Crippen LogP contribution in [0.2, 0.25) is 0 Å².